The number of tetrazole rings is 1. The molecule has 160 valence electrons. The van der Waals surface area contributed by atoms with E-state index in [-0.39, 0.29) is 24.4 Å². The molecule has 2 aromatic heterocycles. The van der Waals surface area contributed by atoms with E-state index in [9.17, 15) is 4.79 Å². The molecule has 1 amide bonds. The van der Waals surface area contributed by atoms with E-state index in [2.05, 4.69) is 20.8 Å². The average Bonchev–Trinajstić information content (AvgIpc) is 3.35. The number of aryl methyl sites for hydroxylation is 1. The highest BCUT2D eigenvalue weighted by molar-refractivity contribution is 6.06. The fourth-order valence-electron chi connectivity index (χ4n) is 3.25. The lowest BCUT2D eigenvalue weighted by Crippen LogP contribution is -2.14. The predicted molar refractivity (Wildman–Crippen MR) is 115 cm³/mol. The lowest BCUT2D eigenvalue weighted by atomic mass is 10.1. The van der Waals surface area contributed by atoms with Gasteiger partial charge in [0.05, 0.1) is 19.8 Å². The lowest BCUT2D eigenvalue weighted by Gasteiger charge is -2.12. The minimum absolute atomic E-state index is 0.0215. The normalized spacial score (nSPS) is 11.3. The van der Waals surface area contributed by atoms with Crippen molar-refractivity contribution in [3.05, 3.63) is 59.6 Å². The van der Waals surface area contributed by atoms with Crippen molar-refractivity contribution in [1.82, 2.24) is 20.2 Å². The molecule has 0 atom stereocenters. The number of hydrogen-bond donors (Lipinski definition) is 1. The van der Waals surface area contributed by atoms with Crippen LogP contribution in [0.1, 0.15) is 35.8 Å². The summed E-state index contributed by atoms with van der Waals surface area (Å²) in [5.74, 6) is 1.01. The average molecular weight is 421 g/mol. The van der Waals surface area contributed by atoms with E-state index in [1.807, 2.05) is 38.1 Å². The molecule has 0 aliphatic carbocycles. The third-order valence-electron chi connectivity index (χ3n) is 4.76. The Morgan fingerprint density at radius 2 is 2.03 bits per heavy atom. The summed E-state index contributed by atoms with van der Waals surface area (Å²) in [5.41, 5.74) is 2.50. The molecule has 0 spiro atoms. The van der Waals surface area contributed by atoms with E-state index >= 15 is 0 Å². The molecule has 0 fully saturated rings. The maximum Gasteiger partial charge on any atom is 0.291 e. The van der Waals surface area contributed by atoms with Crippen molar-refractivity contribution in [2.45, 2.75) is 33.5 Å². The second kappa shape index (κ2) is 8.57. The zero-order valence-corrected chi connectivity index (χ0v) is 17.7. The zero-order valence-electron chi connectivity index (χ0n) is 17.7. The number of fused-ring (bicyclic) bond motifs is 1. The Labute approximate surface area is 178 Å². The van der Waals surface area contributed by atoms with Gasteiger partial charge in [0.15, 0.2) is 11.6 Å². The third kappa shape index (κ3) is 4.13. The fourth-order valence-corrected chi connectivity index (χ4v) is 3.25. The van der Waals surface area contributed by atoms with Crippen LogP contribution < -0.4 is 10.1 Å². The number of ether oxygens (including phenoxy) is 2. The molecule has 0 bridgehead atoms. The summed E-state index contributed by atoms with van der Waals surface area (Å²) < 4.78 is 18.6. The van der Waals surface area contributed by atoms with Crippen LogP contribution in [0.15, 0.2) is 46.9 Å². The molecule has 4 rings (SSSR count). The largest absolute Gasteiger partial charge is 0.494 e. The molecule has 0 saturated carbocycles. The summed E-state index contributed by atoms with van der Waals surface area (Å²) in [6.07, 6.45) is 0.0215. The number of rotatable bonds is 7. The Balaban J connectivity index is 1.68. The molecule has 0 radical (unpaired) electrons. The Bertz CT molecular complexity index is 1230. The number of amides is 1. The van der Waals surface area contributed by atoms with Gasteiger partial charge in [-0.25, -0.2) is 0 Å². The molecule has 31 heavy (non-hydrogen) atoms. The van der Waals surface area contributed by atoms with E-state index in [1.54, 1.807) is 32.2 Å². The maximum atomic E-state index is 13.1. The highest BCUT2D eigenvalue weighted by Gasteiger charge is 2.22. The SMILES string of the molecule is COc1ccc(NC(=O)c2oc3ccccc3c2COC(C)C)cc1-n1nnnc1C. The lowest BCUT2D eigenvalue weighted by molar-refractivity contribution is 0.0648. The van der Waals surface area contributed by atoms with Gasteiger partial charge in [0, 0.05) is 16.6 Å². The van der Waals surface area contributed by atoms with Crippen molar-refractivity contribution in [2.75, 3.05) is 12.4 Å². The van der Waals surface area contributed by atoms with Gasteiger partial charge in [-0.05, 0) is 55.5 Å². The third-order valence-corrected chi connectivity index (χ3v) is 4.76. The molecule has 2 aromatic carbocycles. The van der Waals surface area contributed by atoms with Crippen LogP contribution in [-0.2, 0) is 11.3 Å². The second-order valence-electron chi connectivity index (χ2n) is 7.24. The topological polar surface area (TPSA) is 104 Å². The summed E-state index contributed by atoms with van der Waals surface area (Å²) in [4.78, 5) is 13.1. The van der Waals surface area contributed by atoms with Crippen molar-refractivity contribution in [3.63, 3.8) is 0 Å². The zero-order chi connectivity index (χ0) is 22.0. The van der Waals surface area contributed by atoms with E-state index in [4.69, 9.17) is 13.9 Å². The number of hydrogen-bond acceptors (Lipinski definition) is 7. The first-order valence-corrected chi connectivity index (χ1v) is 9.84. The molecule has 0 saturated heterocycles. The van der Waals surface area contributed by atoms with Gasteiger partial charge in [0.1, 0.15) is 17.0 Å². The number of furan rings is 1. The molecule has 2 heterocycles. The summed E-state index contributed by atoms with van der Waals surface area (Å²) in [6.45, 7) is 5.94. The first kappa shape index (κ1) is 20.5. The van der Waals surface area contributed by atoms with Gasteiger partial charge < -0.3 is 19.2 Å². The minimum atomic E-state index is -0.372. The number of nitrogens with one attached hydrogen (secondary N) is 1. The minimum Gasteiger partial charge on any atom is -0.494 e. The summed E-state index contributed by atoms with van der Waals surface area (Å²) in [5, 5.41) is 15.3. The van der Waals surface area contributed by atoms with Crippen LogP contribution >= 0.6 is 0 Å². The van der Waals surface area contributed by atoms with E-state index in [0.29, 0.717) is 34.1 Å². The maximum absolute atomic E-state index is 13.1. The number of nitrogens with zero attached hydrogens (tertiary/aromatic N) is 4. The quantitative estimate of drug-likeness (QED) is 0.482. The molecular weight excluding hydrogens is 398 g/mol. The Morgan fingerprint density at radius 1 is 1.23 bits per heavy atom. The van der Waals surface area contributed by atoms with E-state index < -0.39 is 0 Å². The highest BCUT2D eigenvalue weighted by Crippen LogP contribution is 2.30. The number of para-hydroxylation sites is 1. The number of anilines is 1. The number of carbonyl (C=O) groups is 1. The standard InChI is InChI=1S/C22H23N5O4/c1-13(2)30-12-17-16-7-5-6-8-19(16)31-21(17)22(28)23-15-9-10-20(29-4)18(11-15)27-14(3)24-25-26-27/h5-11,13H,12H2,1-4H3,(H,23,28). The van der Waals surface area contributed by atoms with Crippen LogP contribution in [0.25, 0.3) is 16.7 Å². The molecule has 9 nitrogen and oxygen atoms in total. The molecule has 9 heteroatoms. The van der Waals surface area contributed by atoms with Crippen LogP contribution in [0.4, 0.5) is 5.69 Å². The Kier molecular flexibility index (Phi) is 5.68. The van der Waals surface area contributed by atoms with Crippen LogP contribution in [0.5, 0.6) is 5.75 Å². The van der Waals surface area contributed by atoms with Gasteiger partial charge in [-0.3, -0.25) is 4.79 Å². The molecule has 0 unspecified atom stereocenters. The van der Waals surface area contributed by atoms with Gasteiger partial charge in [-0.1, -0.05) is 18.2 Å². The Hall–Kier alpha value is -3.72. The number of carbonyl (C=O) groups excluding carboxylic acids is 1. The van der Waals surface area contributed by atoms with Crippen LogP contribution in [0.2, 0.25) is 0 Å². The molecular formula is C22H23N5O4. The van der Waals surface area contributed by atoms with Gasteiger partial charge in [0.25, 0.3) is 5.91 Å². The summed E-state index contributed by atoms with van der Waals surface area (Å²) >= 11 is 0. The van der Waals surface area contributed by atoms with Crippen LogP contribution in [-0.4, -0.2) is 39.3 Å². The Morgan fingerprint density at radius 3 is 2.74 bits per heavy atom. The van der Waals surface area contributed by atoms with Crippen molar-refractivity contribution < 1.29 is 18.7 Å². The van der Waals surface area contributed by atoms with Crippen molar-refractivity contribution in [3.8, 4) is 11.4 Å². The van der Waals surface area contributed by atoms with Gasteiger partial charge in [0.2, 0.25) is 0 Å². The van der Waals surface area contributed by atoms with Gasteiger partial charge >= 0.3 is 0 Å². The van der Waals surface area contributed by atoms with Gasteiger partial charge in [-0.2, -0.15) is 4.68 Å². The summed E-state index contributed by atoms with van der Waals surface area (Å²) in [6, 6.07) is 12.7. The van der Waals surface area contributed by atoms with Crippen molar-refractivity contribution in [2.24, 2.45) is 0 Å². The highest BCUT2D eigenvalue weighted by atomic mass is 16.5. The number of benzene rings is 2. The first-order chi connectivity index (χ1) is 15.0. The number of methoxy groups -OCH3 is 1. The van der Waals surface area contributed by atoms with Gasteiger partial charge in [-0.15, -0.1) is 5.10 Å². The molecule has 0 aliphatic heterocycles. The van der Waals surface area contributed by atoms with Crippen molar-refractivity contribution in [1.29, 1.82) is 0 Å². The van der Waals surface area contributed by atoms with Crippen LogP contribution in [0.3, 0.4) is 0 Å². The molecule has 1 N–H and O–H groups in total. The summed E-state index contributed by atoms with van der Waals surface area (Å²) in [7, 11) is 1.56. The molecule has 0 aliphatic rings. The van der Waals surface area contributed by atoms with E-state index in [0.717, 1.165) is 5.39 Å². The molecule has 4 aromatic rings. The van der Waals surface area contributed by atoms with Crippen LogP contribution in [0, 0.1) is 6.92 Å². The fraction of sp³-hybridized carbons (Fsp3) is 0.273. The number of aromatic nitrogens is 4. The first-order valence-electron chi connectivity index (χ1n) is 9.84. The smallest absolute Gasteiger partial charge is 0.291 e. The van der Waals surface area contributed by atoms with E-state index in [1.165, 1.54) is 4.68 Å². The predicted octanol–water partition coefficient (Wildman–Crippen LogP) is 3.90. The van der Waals surface area contributed by atoms with Crippen molar-refractivity contribution >= 4 is 22.6 Å². The second-order valence-corrected chi connectivity index (χ2v) is 7.24. The monoisotopic (exact) mass is 421 g/mol.